The third-order valence-corrected chi connectivity index (χ3v) is 4.19. The fourth-order valence-corrected chi connectivity index (χ4v) is 3.06. The van der Waals surface area contributed by atoms with E-state index in [-0.39, 0.29) is 5.91 Å². The van der Waals surface area contributed by atoms with Gasteiger partial charge in [0, 0.05) is 41.3 Å². The summed E-state index contributed by atoms with van der Waals surface area (Å²) in [5, 5.41) is 6.02. The molecule has 1 amide bonds. The minimum absolute atomic E-state index is 0.0409. The summed E-state index contributed by atoms with van der Waals surface area (Å²) in [6.45, 7) is 5.38. The van der Waals surface area contributed by atoms with Crippen LogP contribution in [0.15, 0.2) is 22.1 Å². The van der Waals surface area contributed by atoms with Gasteiger partial charge in [-0.1, -0.05) is 0 Å². The molecule has 102 valence electrons. The molecule has 0 aliphatic rings. The zero-order valence-electron chi connectivity index (χ0n) is 10.9. The highest BCUT2D eigenvalue weighted by Crippen LogP contribution is 2.15. The maximum absolute atomic E-state index is 12.1. The highest BCUT2D eigenvalue weighted by molar-refractivity contribution is 9.10. The van der Waals surface area contributed by atoms with Crippen LogP contribution in [-0.2, 0) is 13.0 Å². The van der Waals surface area contributed by atoms with Gasteiger partial charge in [0.1, 0.15) is 5.69 Å². The summed E-state index contributed by atoms with van der Waals surface area (Å²) in [5.41, 5.74) is 1.72. The molecule has 0 aliphatic heterocycles. The van der Waals surface area contributed by atoms with Gasteiger partial charge in [-0.05, 0) is 35.8 Å². The van der Waals surface area contributed by atoms with Gasteiger partial charge < -0.3 is 9.88 Å². The molecule has 2 aromatic rings. The second-order valence-corrected chi connectivity index (χ2v) is 6.08. The summed E-state index contributed by atoms with van der Waals surface area (Å²) in [6, 6.07) is 1.84. The van der Waals surface area contributed by atoms with Crippen LogP contribution in [-0.4, -0.2) is 22.0 Å². The number of carbonyl (C=O) groups excluding carboxylic acids is 1. The zero-order valence-corrected chi connectivity index (χ0v) is 13.3. The van der Waals surface area contributed by atoms with Crippen molar-refractivity contribution in [1.29, 1.82) is 0 Å². The number of hydrogen-bond donors (Lipinski definition) is 1. The Morgan fingerprint density at radius 1 is 1.58 bits per heavy atom. The van der Waals surface area contributed by atoms with Gasteiger partial charge in [-0.3, -0.25) is 4.79 Å². The van der Waals surface area contributed by atoms with Crippen LogP contribution in [0, 0.1) is 6.92 Å². The van der Waals surface area contributed by atoms with E-state index < -0.39 is 0 Å². The molecule has 0 fully saturated rings. The van der Waals surface area contributed by atoms with E-state index in [4.69, 9.17) is 0 Å². The Bertz CT molecular complexity index is 576. The maximum Gasteiger partial charge on any atom is 0.267 e. The molecule has 6 heteroatoms. The van der Waals surface area contributed by atoms with Gasteiger partial charge >= 0.3 is 0 Å². The fraction of sp³-hybridized carbons (Fsp3) is 0.385. The van der Waals surface area contributed by atoms with Crippen molar-refractivity contribution < 1.29 is 4.79 Å². The first-order valence-corrected chi connectivity index (χ1v) is 7.82. The van der Waals surface area contributed by atoms with Crippen molar-refractivity contribution in [3.8, 4) is 0 Å². The minimum atomic E-state index is -0.0409. The maximum atomic E-state index is 12.1. The van der Waals surface area contributed by atoms with Gasteiger partial charge in [-0.15, -0.1) is 11.3 Å². The molecule has 0 aliphatic carbocycles. The van der Waals surface area contributed by atoms with Crippen LogP contribution < -0.4 is 5.32 Å². The zero-order chi connectivity index (χ0) is 13.8. The van der Waals surface area contributed by atoms with Crippen molar-refractivity contribution in [2.75, 3.05) is 6.54 Å². The number of aromatic nitrogens is 2. The lowest BCUT2D eigenvalue weighted by molar-refractivity contribution is 0.0945. The minimum Gasteiger partial charge on any atom is -0.350 e. The van der Waals surface area contributed by atoms with E-state index in [9.17, 15) is 4.79 Å². The molecule has 4 nitrogen and oxygen atoms in total. The predicted octanol–water partition coefficient (Wildman–Crippen LogP) is 3.01. The van der Waals surface area contributed by atoms with E-state index in [1.54, 1.807) is 11.3 Å². The molecule has 0 radical (unpaired) electrons. The summed E-state index contributed by atoms with van der Waals surface area (Å²) >= 11 is 5.02. The third kappa shape index (κ3) is 3.67. The Balaban J connectivity index is 1.90. The average molecular weight is 342 g/mol. The van der Waals surface area contributed by atoms with Crippen molar-refractivity contribution in [3.63, 3.8) is 0 Å². The van der Waals surface area contributed by atoms with E-state index >= 15 is 0 Å². The van der Waals surface area contributed by atoms with E-state index in [0.29, 0.717) is 12.2 Å². The first kappa shape index (κ1) is 14.3. The van der Waals surface area contributed by atoms with Crippen molar-refractivity contribution in [2.24, 2.45) is 0 Å². The molecule has 0 spiro atoms. The highest BCUT2D eigenvalue weighted by atomic mass is 79.9. The molecule has 2 heterocycles. The number of hydrogen-bond acceptors (Lipinski definition) is 3. The molecule has 19 heavy (non-hydrogen) atoms. The number of thiazole rings is 1. The van der Waals surface area contributed by atoms with Gasteiger partial charge in [0.25, 0.3) is 5.91 Å². The Hall–Kier alpha value is -1.14. The smallest absolute Gasteiger partial charge is 0.267 e. The van der Waals surface area contributed by atoms with E-state index in [1.807, 2.05) is 36.1 Å². The van der Waals surface area contributed by atoms with Crippen LogP contribution in [0.3, 0.4) is 0 Å². The standard InChI is InChI=1S/C13H16BrN3OS/c1-3-17-7-10(14)6-11(17)13(18)15-5-4-12-16-9(2)8-19-12/h6-8H,3-5H2,1-2H3,(H,15,18). The van der Waals surface area contributed by atoms with Crippen LogP contribution in [0.25, 0.3) is 0 Å². The van der Waals surface area contributed by atoms with Gasteiger partial charge in [0.15, 0.2) is 0 Å². The molecular formula is C13H16BrN3OS. The molecule has 0 aromatic carbocycles. The summed E-state index contributed by atoms with van der Waals surface area (Å²) in [5.74, 6) is -0.0409. The molecule has 0 saturated carbocycles. The fourth-order valence-electron chi connectivity index (χ4n) is 1.82. The number of nitrogens with zero attached hydrogens (tertiary/aromatic N) is 2. The molecule has 0 unspecified atom stereocenters. The quantitative estimate of drug-likeness (QED) is 0.908. The van der Waals surface area contributed by atoms with E-state index in [0.717, 1.165) is 28.1 Å². The Kier molecular flexibility index (Phi) is 4.76. The van der Waals surface area contributed by atoms with Crippen molar-refractivity contribution in [3.05, 3.63) is 38.5 Å². The first-order chi connectivity index (χ1) is 9.10. The van der Waals surface area contributed by atoms with Crippen molar-refractivity contribution in [2.45, 2.75) is 26.8 Å². The van der Waals surface area contributed by atoms with Gasteiger partial charge in [0.05, 0.1) is 5.01 Å². The topological polar surface area (TPSA) is 46.9 Å². The van der Waals surface area contributed by atoms with Crippen LogP contribution in [0.4, 0.5) is 0 Å². The number of halogens is 1. The first-order valence-electron chi connectivity index (χ1n) is 6.15. The average Bonchev–Trinajstić information content (AvgIpc) is 2.95. The number of nitrogens with one attached hydrogen (secondary N) is 1. The summed E-state index contributed by atoms with van der Waals surface area (Å²) in [6.07, 6.45) is 2.69. The lowest BCUT2D eigenvalue weighted by Crippen LogP contribution is -2.27. The van der Waals surface area contributed by atoms with Crippen molar-refractivity contribution >= 4 is 33.2 Å². The van der Waals surface area contributed by atoms with Crippen LogP contribution in [0.1, 0.15) is 28.1 Å². The normalized spacial score (nSPS) is 10.7. The second-order valence-electron chi connectivity index (χ2n) is 4.22. The molecule has 0 bridgehead atoms. The van der Waals surface area contributed by atoms with Crippen LogP contribution in [0.5, 0.6) is 0 Å². The molecule has 2 rings (SSSR count). The van der Waals surface area contributed by atoms with Gasteiger partial charge in [-0.25, -0.2) is 4.98 Å². The van der Waals surface area contributed by atoms with Crippen LogP contribution in [0.2, 0.25) is 0 Å². The Morgan fingerprint density at radius 2 is 2.37 bits per heavy atom. The molecule has 0 atom stereocenters. The molecular weight excluding hydrogens is 326 g/mol. The number of carbonyl (C=O) groups is 1. The Morgan fingerprint density at radius 3 is 3.00 bits per heavy atom. The largest absolute Gasteiger partial charge is 0.350 e. The van der Waals surface area contributed by atoms with Crippen molar-refractivity contribution in [1.82, 2.24) is 14.9 Å². The second kappa shape index (κ2) is 6.34. The van der Waals surface area contributed by atoms with Gasteiger partial charge in [-0.2, -0.15) is 0 Å². The number of rotatable bonds is 5. The lowest BCUT2D eigenvalue weighted by Gasteiger charge is -2.06. The summed E-state index contributed by atoms with van der Waals surface area (Å²) < 4.78 is 2.85. The SMILES string of the molecule is CCn1cc(Br)cc1C(=O)NCCc1nc(C)cs1. The molecule has 2 aromatic heterocycles. The number of amides is 1. The highest BCUT2D eigenvalue weighted by Gasteiger charge is 2.11. The molecule has 0 saturated heterocycles. The van der Waals surface area contributed by atoms with Gasteiger partial charge in [0.2, 0.25) is 0 Å². The third-order valence-electron chi connectivity index (χ3n) is 2.73. The molecule has 1 N–H and O–H groups in total. The monoisotopic (exact) mass is 341 g/mol. The predicted molar refractivity (Wildman–Crippen MR) is 80.7 cm³/mol. The summed E-state index contributed by atoms with van der Waals surface area (Å²) in [7, 11) is 0. The van der Waals surface area contributed by atoms with E-state index in [1.165, 1.54) is 0 Å². The van der Waals surface area contributed by atoms with E-state index in [2.05, 4.69) is 26.2 Å². The summed E-state index contributed by atoms with van der Waals surface area (Å²) in [4.78, 5) is 16.4. The number of aryl methyl sites for hydroxylation is 2. The lowest BCUT2D eigenvalue weighted by atomic mass is 10.3. The van der Waals surface area contributed by atoms with Crippen LogP contribution >= 0.6 is 27.3 Å². The Labute approximate surface area is 125 Å².